The average molecular weight is 513 g/mol. The summed E-state index contributed by atoms with van der Waals surface area (Å²) in [6.45, 7) is 7.25. The van der Waals surface area contributed by atoms with Crippen LogP contribution in [0.25, 0.3) is 0 Å². The molecular formula is C29H28N2O3SSi. The van der Waals surface area contributed by atoms with Crippen LogP contribution in [0.5, 0.6) is 0 Å². The number of thiazole rings is 1. The molecule has 1 aromatic heterocycles. The zero-order valence-electron chi connectivity index (χ0n) is 20.6. The first-order chi connectivity index (χ1) is 17.3. The molecule has 2 amide bonds. The van der Waals surface area contributed by atoms with Gasteiger partial charge in [-0.2, -0.15) is 0 Å². The minimum absolute atomic E-state index is 0.129. The van der Waals surface area contributed by atoms with Gasteiger partial charge in [0.15, 0.2) is 0 Å². The topological polar surface area (TPSA) is 59.5 Å². The molecule has 0 bridgehead atoms. The summed E-state index contributed by atoms with van der Waals surface area (Å²) in [4.78, 5) is 31.5. The molecular weight excluding hydrogens is 484 g/mol. The minimum Gasteiger partial charge on any atom is -0.401 e. The Morgan fingerprint density at radius 3 is 1.81 bits per heavy atom. The summed E-state index contributed by atoms with van der Waals surface area (Å²) >= 11 is 1.50. The van der Waals surface area contributed by atoms with Gasteiger partial charge in [0.2, 0.25) is 0 Å². The van der Waals surface area contributed by atoms with E-state index in [-0.39, 0.29) is 23.4 Å². The number of fused-ring (bicyclic) bond motifs is 1. The molecule has 7 heteroatoms. The van der Waals surface area contributed by atoms with Crippen LogP contribution in [-0.2, 0) is 17.6 Å². The van der Waals surface area contributed by atoms with Crippen molar-refractivity contribution in [1.82, 2.24) is 9.88 Å². The third kappa shape index (κ3) is 4.23. The summed E-state index contributed by atoms with van der Waals surface area (Å²) in [5, 5.41) is 5.04. The van der Waals surface area contributed by atoms with Crippen molar-refractivity contribution in [3.63, 3.8) is 0 Å². The maximum Gasteiger partial charge on any atom is 0.261 e. The molecule has 2 heterocycles. The number of nitrogens with zero attached hydrogens (tertiary/aromatic N) is 2. The highest BCUT2D eigenvalue weighted by molar-refractivity contribution is 7.09. The average Bonchev–Trinajstić information content (AvgIpc) is 3.43. The molecule has 5 nitrogen and oxygen atoms in total. The van der Waals surface area contributed by atoms with E-state index in [0.29, 0.717) is 23.4 Å². The van der Waals surface area contributed by atoms with E-state index >= 15 is 0 Å². The Balaban J connectivity index is 1.40. The molecule has 1 aliphatic heterocycles. The molecule has 0 atom stereocenters. The Bertz CT molecular complexity index is 1320. The third-order valence-corrected chi connectivity index (χ3v) is 12.5. The van der Waals surface area contributed by atoms with Gasteiger partial charge in [0, 0.05) is 5.38 Å². The van der Waals surface area contributed by atoms with Crippen LogP contribution < -0.4 is 10.4 Å². The van der Waals surface area contributed by atoms with Crippen molar-refractivity contribution >= 4 is 41.8 Å². The van der Waals surface area contributed by atoms with Gasteiger partial charge in [-0.3, -0.25) is 14.5 Å². The summed E-state index contributed by atoms with van der Waals surface area (Å²) in [6, 6.07) is 27.9. The van der Waals surface area contributed by atoms with E-state index in [4.69, 9.17) is 9.41 Å². The molecule has 0 saturated heterocycles. The standard InChI is InChI=1S/C29H28N2O3SSi/c1-29(2,3)36(22-12-6-4-7-13-22,23-14-8-5-9-15-23)34-19-26-30-21(20-35-26)18-31-27(32)24-16-10-11-17-25(24)28(31)33/h4-17,20H,18-19H2,1-3H3. The van der Waals surface area contributed by atoms with E-state index in [0.717, 1.165) is 5.01 Å². The van der Waals surface area contributed by atoms with Gasteiger partial charge in [-0.1, -0.05) is 93.6 Å². The van der Waals surface area contributed by atoms with Gasteiger partial charge >= 0.3 is 0 Å². The van der Waals surface area contributed by atoms with Crippen molar-refractivity contribution in [2.24, 2.45) is 0 Å². The van der Waals surface area contributed by atoms with Crippen molar-refractivity contribution < 1.29 is 14.0 Å². The van der Waals surface area contributed by atoms with Crippen LogP contribution in [0, 0.1) is 0 Å². The van der Waals surface area contributed by atoms with Crippen molar-refractivity contribution in [2.45, 2.75) is 39.0 Å². The lowest BCUT2D eigenvalue weighted by atomic mass is 10.1. The van der Waals surface area contributed by atoms with Gasteiger partial charge in [0.1, 0.15) is 5.01 Å². The van der Waals surface area contributed by atoms with Crippen molar-refractivity contribution in [3.8, 4) is 0 Å². The smallest absolute Gasteiger partial charge is 0.261 e. The second-order valence-corrected chi connectivity index (χ2v) is 15.2. The quantitative estimate of drug-likeness (QED) is 0.258. The second-order valence-electron chi connectivity index (χ2n) is 9.93. The zero-order valence-corrected chi connectivity index (χ0v) is 22.4. The monoisotopic (exact) mass is 512 g/mol. The predicted molar refractivity (Wildman–Crippen MR) is 145 cm³/mol. The maximum absolute atomic E-state index is 12.8. The molecule has 0 saturated carbocycles. The van der Waals surface area contributed by atoms with Crippen LogP contribution in [0.3, 0.4) is 0 Å². The fourth-order valence-corrected chi connectivity index (χ4v) is 10.3. The number of carbonyl (C=O) groups excluding carboxylic acids is 2. The second kappa shape index (κ2) is 9.58. The van der Waals surface area contributed by atoms with E-state index in [9.17, 15) is 9.59 Å². The molecule has 0 unspecified atom stereocenters. The van der Waals surface area contributed by atoms with E-state index in [1.54, 1.807) is 24.3 Å². The fourth-order valence-electron chi connectivity index (χ4n) is 4.96. The molecule has 36 heavy (non-hydrogen) atoms. The highest BCUT2D eigenvalue weighted by Gasteiger charge is 2.50. The molecule has 0 radical (unpaired) electrons. The summed E-state index contributed by atoms with van der Waals surface area (Å²) in [5.74, 6) is -0.539. The van der Waals surface area contributed by atoms with Gasteiger partial charge in [0.05, 0.1) is 30.0 Å². The molecule has 1 aliphatic rings. The molecule has 5 rings (SSSR count). The molecule has 4 aromatic rings. The molecule has 0 aliphatic carbocycles. The van der Waals surface area contributed by atoms with Crippen LogP contribution in [0.15, 0.2) is 90.3 Å². The van der Waals surface area contributed by atoms with Gasteiger partial charge in [0.25, 0.3) is 20.1 Å². The van der Waals surface area contributed by atoms with E-state index in [1.807, 2.05) is 17.5 Å². The predicted octanol–water partition coefficient (Wildman–Crippen LogP) is 5.02. The Morgan fingerprint density at radius 2 is 1.31 bits per heavy atom. The van der Waals surface area contributed by atoms with E-state index < -0.39 is 8.32 Å². The SMILES string of the molecule is CC(C)(C)[Si](OCc1nc(CN2C(=O)c3ccccc3C2=O)cs1)(c1ccccc1)c1ccccc1. The summed E-state index contributed by atoms with van der Waals surface area (Å²) in [7, 11) is -2.68. The Kier molecular flexibility index (Phi) is 6.47. The Hall–Kier alpha value is -3.39. The van der Waals surface area contributed by atoms with Crippen LogP contribution in [0.1, 0.15) is 52.2 Å². The number of benzene rings is 3. The normalized spacial score (nSPS) is 13.8. The molecule has 0 fully saturated rings. The van der Waals surface area contributed by atoms with Gasteiger partial charge in [-0.25, -0.2) is 4.98 Å². The molecule has 0 spiro atoms. The highest BCUT2D eigenvalue weighted by atomic mass is 32.1. The van der Waals surface area contributed by atoms with E-state index in [1.165, 1.54) is 26.6 Å². The number of hydrogen-bond donors (Lipinski definition) is 0. The van der Waals surface area contributed by atoms with Gasteiger partial charge < -0.3 is 4.43 Å². The van der Waals surface area contributed by atoms with Crippen LogP contribution in [0.4, 0.5) is 0 Å². The lowest BCUT2D eigenvalue weighted by Crippen LogP contribution is -2.66. The summed E-state index contributed by atoms with van der Waals surface area (Å²) < 4.78 is 6.97. The largest absolute Gasteiger partial charge is 0.401 e. The van der Waals surface area contributed by atoms with Gasteiger partial charge in [-0.15, -0.1) is 11.3 Å². The molecule has 182 valence electrons. The van der Waals surface area contributed by atoms with Gasteiger partial charge in [-0.05, 0) is 27.5 Å². The zero-order chi connectivity index (χ0) is 25.3. The van der Waals surface area contributed by atoms with Crippen LogP contribution >= 0.6 is 11.3 Å². The number of rotatable bonds is 7. The highest BCUT2D eigenvalue weighted by Crippen LogP contribution is 2.37. The lowest BCUT2D eigenvalue weighted by Gasteiger charge is -2.42. The summed E-state index contributed by atoms with van der Waals surface area (Å²) in [5.41, 5.74) is 1.59. The molecule has 3 aromatic carbocycles. The maximum atomic E-state index is 12.8. The number of carbonyl (C=O) groups is 2. The first-order valence-electron chi connectivity index (χ1n) is 11.9. The van der Waals surface area contributed by atoms with Crippen molar-refractivity contribution in [1.29, 1.82) is 0 Å². The van der Waals surface area contributed by atoms with Crippen molar-refractivity contribution in [2.75, 3.05) is 0 Å². The van der Waals surface area contributed by atoms with Crippen LogP contribution in [0.2, 0.25) is 5.04 Å². The minimum atomic E-state index is -2.68. The number of aromatic nitrogens is 1. The Morgan fingerprint density at radius 1 is 0.806 bits per heavy atom. The fraction of sp³-hybridized carbons (Fsp3) is 0.207. The molecule has 0 N–H and O–H groups in total. The first-order valence-corrected chi connectivity index (χ1v) is 14.7. The van der Waals surface area contributed by atoms with Crippen molar-refractivity contribution in [3.05, 3.63) is 112 Å². The van der Waals surface area contributed by atoms with Crippen LogP contribution in [-0.4, -0.2) is 30.0 Å². The Labute approximate surface area is 216 Å². The lowest BCUT2D eigenvalue weighted by molar-refractivity contribution is 0.0640. The first kappa shape index (κ1) is 24.3. The van der Waals surface area contributed by atoms with E-state index in [2.05, 4.69) is 69.3 Å². The summed E-state index contributed by atoms with van der Waals surface area (Å²) in [6.07, 6.45) is 0. The number of imide groups is 1. The number of amides is 2. The number of hydrogen-bond acceptors (Lipinski definition) is 5. The third-order valence-electron chi connectivity index (χ3n) is 6.63.